The fraction of sp³-hybridized carbons (Fsp3) is 0.750. The zero-order valence-corrected chi connectivity index (χ0v) is 17.9. The van der Waals surface area contributed by atoms with Gasteiger partial charge in [-0.15, -0.1) is 0 Å². The minimum Gasteiger partial charge on any atom is -0.353 e. The Morgan fingerprint density at radius 1 is 1.07 bits per heavy atom. The van der Waals surface area contributed by atoms with Crippen LogP contribution < -0.4 is 16.2 Å². The molecule has 3 heterocycles. The van der Waals surface area contributed by atoms with E-state index in [-0.39, 0.29) is 5.92 Å². The van der Waals surface area contributed by atoms with E-state index in [1.54, 1.807) is 0 Å². The average Bonchev–Trinajstić information content (AvgIpc) is 3.14. The van der Waals surface area contributed by atoms with Gasteiger partial charge in [0.2, 0.25) is 5.91 Å². The van der Waals surface area contributed by atoms with Crippen molar-refractivity contribution in [3.05, 3.63) is 29.6 Å². The zero-order valence-electron chi connectivity index (χ0n) is 17.9. The molecule has 5 nitrogen and oxygen atoms in total. The number of carbonyl (C=O) groups is 1. The topological polar surface area (TPSA) is 66.0 Å². The van der Waals surface area contributed by atoms with Crippen molar-refractivity contribution in [3.8, 4) is 0 Å². The number of aromatic nitrogens is 1. The second-order valence-corrected chi connectivity index (χ2v) is 10.2. The molecule has 5 rings (SSSR count). The predicted octanol–water partition coefficient (Wildman–Crippen LogP) is 3.65. The molecule has 4 aliphatic rings. The SMILES string of the molecule is Cc1cc(C2NNC3CC4NC(=O)C(C(C)C5CCCCC5)CC4CC32)ccn1. The molecule has 2 aliphatic carbocycles. The van der Waals surface area contributed by atoms with Crippen molar-refractivity contribution in [2.45, 2.75) is 83.3 Å². The van der Waals surface area contributed by atoms with E-state index in [1.165, 1.54) is 44.1 Å². The Labute approximate surface area is 174 Å². The van der Waals surface area contributed by atoms with E-state index in [4.69, 9.17) is 0 Å². The Hall–Kier alpha value is -1.46. The first-order valence-electron chi connectivity index (χ1n) is 11.8. The molecule has 2 saturated heterocycles. The summed E-state index contributed by atoms with van der Waals surface area (Å²) in [7, 11) is 0. The number of piperidine rings is 1. The third-order valence-electron chi connectivity index (χ3n) is 8.55. The standard InChI is InChI=1S/C24H36N4O/c1-14-10-17(8-9-25-14)23-20-12-18-11-19(15(2)16-6-4-3-5-7-16)24(29)26-21(18)13-22(20)27-28-23/h8-10,15-16,18-23,27-28H,3-7,11-13H2,1-2H3,(H,26,29). The molecule has 7 unspecified atom stereocenters. The molecule has 4 fully saturated rings. The van der Waals surface area contributed by atoms with Crippen molar-refractivity contribution in [3.63, 3.8) is 0 Å². The maximum Gasteiger partial charge on any atom is 0.223 e. The van der Waals surface area contributed by atoms with Crippen LogP contribution in [0.1, 0.15) is 75.6 Å². The summed E-state index contributed by atoms with van der Waals surface area (Å²) in [5, 5.41) is 3.45. The van der Waals surface area contributed by atoms with E-state index in [1.807, 2.05) is 6.20 Å². The lowest BCUT2D eigenvalue weighted by molar-refractivity contribution is -0.133. The van der Waals surface area contributed by atoms with E-state index in [0.717, 1.165) is 24.5 Å². The highest BCUT2D eigenvalue weighted by molar-refractivity contribution is 5.80. The Balaban J connectivity index is 1.30. The van der Waals surface area contributed by atoms with Crippen molar-refractivity contribution in [2.75, 3.05) is 0 Å². The molecule has 0 bridgehead atoms. The van der Waals surface area contributed by atoms with Gasteiger partial charge >= 0.3 is 0 Å². The zero-order chi connectivity index (χ0) is 20.0. The summed E-state index contributed by atoms with van der Waals surface area (Å²) in [5.74, 6) is 2.99. The van der Waals surface area contributed by atoms with E-state index in [0.29, 0.717) is 41.8 Å². The molecule has 0 radical (unpaired) electrons. The summed E-state index contributed by atoms with van der Waals surface area (Å²) in [6, 6.07) is 5.48. The number of nitrogens with zero attached hydrogens (tertiary/aromatic N) is 1. The maximum absolute atomic E-state index is 13.0. The second-order valence-electron chi connectivity index (χ2n) is 10.2. The first kappa shape index (κ1) is 19.5. The molecule has 7 atom stereocenters. The van der Waals surface area contributed by atoms with Crippen LogP contribution in [0.3, 0.4) is 0 Å². The lowest BCUT2D eigenvalue weighted by Crippen LogP contribution is -2.57. The van der Waals surface area contributed by atoms with Crippen LogP contribution in [0.15, 0.2) is 18.3 Å². The lowest BCUT2D eigenvalue weighted by atomic mass is 9.64. The average molecular weight is 397 g/mol. The maximum atomic E-state index is 13.0. The van der Waals surface area contributed by atoms with Crippen LogP contribution in [0.25, 0.3) is 0 Å². The van der Waals surface area contributed by atoms with Crippen LogP contribution in [-0.2, 0) is 4.79 Å². The van der Waals surface area contributed by atoms with Gasteiger partial charge < -0.3 is 5.32 Å². The van der Waals surface area contributed by atoms with Gasteiger partial charge in [-0.25, -0.2) is 5.43 Å². The van der Waals surface area contributed by atoms with Crippen LogP contribution >= 0.6 is 0 Å². The number of fused-ring (bicyclic) bond motifs is 2. The van der Waals surface area contributed by atoms with Crippen LogP contribution in [0, 0.1) is 36.5 Å². The molecule has 3 N–H and O–H groups in total. The van der Waals surface area contributed by atoms with Gasteiger partial charge in [0.1, 0.15) is 0 Å². The largest absolute Gasteiger partial charge is 0.353 e. The first-order chi connectivity index (χ1) is 14.1. The van der Waals surface area contributed by atoms with Crippen molar-refractivity contribution in [2.24, 2.45) is 29.6 Å². The fourth-order valence-electron chi connectivity index (χ4n) is 6.85. The molecule has 2 saturated carbocycles. The van der Waals surface area contributed by atoms with Crippen molar-refractivity contribution >= 4 is 5.91 Å². The van der Waals surface area contributed by atoms with Gasteiger partial charge in [-0.3, -0.25) is 15.2 Å². The highest BCUT2D eigenvalue weighted by Gasteiger charge is 2.49. The molecule has 1 aromatic heterocycles. The van der Waals surface area contributed by atoms with Crippen LogP contribution in [0.4, 0.5) is 0 Å². The van der Waals surface area contributed by atoms with Gasteiger partial charge in [-0.05, 0) is 67.6 Å². The number of nitrogens with one attached hydrogen (secondary N) is 3. The highest BCUT2D eigenvalue weighted by atomic mass is 16.2. The monoisotopic (exact) mass is 396 g/mol. The van der Waals surface area contributed by atoms with E-state index in [2.05, 4.69) is 47.1 Å². The summed E-state index contributed by atoms with van der Waals surface area (Å²) in [5.41, 5.74) is 9.51. The summed E-state index contributed by atoms with van der Waals surface area (Å²) in [6.07, 6.45) is 12.0. The second kappa shape index (κ2) is 7.99. The summed E-state index contributed by atoms with van der Waals surface area (Å²) in [4.78, 5) is 17.4. The number of rotatable bonds is 3. The fourth-order valence-corrected chi connectivity index (χ4v) is 6.85. The van der Waals surface area contributed by atoms with Crippen LogP contribution in [0.2, 0.25) is 0 Å². The minimum atomic E-state index is 0.208. The Kier molecular flexibility index (Phi) is 5.37. The van der Waals surface area contributed by atoms with Crippen molar-refractivity contribution in [1.82, 2.24) is 21.2 Å². The summed E-state index contributed by atoms with van der Waals surface area (Å²) < 4.78 is 0. The molecule has 1 aromatic rings. The number of amides is 1. The molecular weight excluding hydrogens is 360 g/mol. The number of hydrogen-bond acceptors (Lipinski definition) is 4. The molecule has 158 valence electrons. The van der Waals surface area contributed by atoms with Crippen LogP contribution in [0.5, 0.6) is 0 Å². The third kappa shape index (κ3) is 3.72. The van der Waals surface area contributed by atoms with E-state index in [9.17, 15) is 4.79 Å². The first-order valence-corrected chi connectivity index (χ1v) is 11.8. The number of carbonyl (C=O) groups excluding carboxylic acids is 1. The predicted molar refractivity (Wildman–Crippen MR) is 114 cm³/mol. The Morgan fingerprint density at radius 3 is 2.69 bits per heavy atom. The summed E-state index contributed by atoms with van der Waals surface area (Å²) >= 11 is 0. The molecule has 1 amide bonds. The molecule has 0 aromatic carbocycles. The van der Waals surface area contributed by atoms with E-state index < -0.39 is 0 Å². The highest BCUT2D eigenvalue weighted by Crippen LogP contribution is 2.46. The lowest BCUT2D eigenvalue weighted by Gasteiger charge is -2.46. The van der Waals surface area contributed by atoms with E-state index >= 15 is 0 Å². The normalized spacial score (nSPS) is 38.8. The molecule has 5 heteroatoms. The summed E-state index contributed by atoms with van der Waals surface area (Å²) in [6.45, 7) is 4.42. The van der Waals surface area contributed by atoms with Gasteiger partial charge in [0, 0.05) is 29.9 Å². The van der Waals surface area contributed by atoms with Gasteiger partial charge in [-0.1, -0.05) is 39.0 Å². The van der Waals surface area contributed by atoms with Gasteiger partial charge in [0.15, 0.2) is 0 Å². The van der Waals surface area contributed by atoms with Crippen molar-refractivity contribution in [1.29, 1.82) is 0 Å². The van der Waals surface area contributed by atoms with Gasteiger partial charge in [0.25, 0.3) is 0 Å². The Morgan fingerprint density at radius 2 is 1.90 bits per heavy atom. The molecule has 0 spiro atoms. The third-order valence-corrected chi connectivity index (χ3v) is 8.55. The van der Waals surface area contributed by atoms with Crippen LogP contribution in [-0.4, -0.2) is 23.0 Å². The number of aryl methyl sites for hydroxylation is 1. The van der Waals surface area contributed by atoms with Gasteiger partial charge in [0.05, 0.1) is 6.04 Å². The Bertz CT molecular complexity index is 746. The van der Waals surface area contributed by atoms with Crippen molar-refractivity contribution < 1.29 is 4.79 Å². The molecular formula is C24H36N4O. The minimum absolute atomic E-state index is 0.208. The molecule has 29 heavy (non-hydrogen) atoms. The number of pyridine rings is 1. The number of hydrogen-bond donors (Lipinski definition) is 3. The van der Waals surface area contributed by atoms with Gasteiger partial charge in [-0.2, -0.15) is 0 Å². The number of hydrazine groups is 1. The smallest absolute Gasteiger partial charge is 0.223 e. The quantitative estimate of drug-likeness (QED) is 0.730. The molecule has 2 aliphatic heterocycles.